The van der Waals surface area contributed by atoms with Crippen LogP contribution in [0.5, 0.6) is 0 Å². The Balaban J connectivity index is 1.87. The minimum atomic E-state index is 0.281. The summed E-state index contributed by atoms with van der Waals surface area (Å²) in [5.41, 5.74) is 6.63. The van der Waals surface area contributed by atoms with Crippen molar-refractivity contribution in [3.05, 3.63) is 23.9 Å². The van der Waals surface area contributed by atoms with Crippen LogP contribution in [-0.2, 0) is 6.54 Å². The number of aromatic nitrogens is 1. The molecule has 1 saturated heterocycles. The summed E-state index contributed by atoms with van der Waals surface area (Å²) in [5, 5.41) is 8.91. The van der Waals surface area contributed by atoms with Crippen molar-refractivity contribution in [2.75, 3.05) is 18.5 Å². The predicted octanol–water partition coefficient (Wildman–Crippen LogP) is 1.94. The molecule has 0 atom stereocenters. The SMILES string of the molecule is CN(CC1CCB(C#N)CC1)c1ccc(CN)cn1. The second-order valence-electron chi connectivity index (χ2n) is 5.46. The van der Waals surface area contributed by atoms with Crippen molar-refractivity contribution < 1.29 is 0 Å². The van der Waals surface area contributed by atoms with Crippen LogP contribution in [0.4, 0.5) is 5.82 Å². The molecule has 0 saturated carbocycles. The molecule has 0 aliphatic carbocycles. The van der Waals surface area contributed by atoms with Gasteiger partial charge in [0.2, 0.25) is 0 Å². The van der Waals surface area contributed by atoms with Crippen LogP contribution in [0.3, 0.4) is 0 Å². The zero-order valence-corrected chi connectivity index (χ0v) is 11.5. The lowest BCUT2D eigenvalue weighted by Crippen LogP contribution is -2.30. The van der Waals surface area contributed by atoms with Crippen molar-refractivity contribution in [3.63, 3.8) is 0 Å². The summed E-state index contributed by atoms with van der Waals surface area (Å²) >= 11 is 0. The van der Waals surface area contributed by atoms with Gasteiger partial charge in [0.25, 0.3) is 6.71 Å². The van der Waals surface area contributed by atoms with Crippen LogP contribution in [0.1, 0.15) is 18.4 Å². The molecule has 1 aromatic heterocycles. The van der Waals surface area contributed by atoms with E-state index < -0.39 is 0 Å². The zero-order chi connectivity index (χ0) is 13.7. The van der Waals surface area contributed by atoms with E-state index in [0.29, 0.717) is 12.5 Å². The Bertz CT molecular complexity index is 432. The van der Waals surface area contributed by atoms with E-state index in [-0.39, 0.29) is 6.71 Å². The minimum absolute atomic E-state index is 0.281. The molecule has 4 nitrogen and oxygen atoms in total. The highest BCUT2D eigenvalue weighted by Gasteiger charge is 2.25. The van der Waals surface area contributed by atoms with Gasteiger partial charge in [0.05, 0.1) is 0 Å². The highest BCUT2D eigenvalue weighted by Crippen LogP contribution is 2.26. The first-order valence-electron chi connectivity index (χ1n) is 6.98. The van der Waals surface area contributed by atoms with Crippen molar-refractivity contribution in [3.8, 4) is 5.97 Å². The quantitative estimate of drug-likeness (QED) is 0.836. The molecule has 0 amide bonds. The standard InChI is InChI=1S/C14H21BN4/c1-19(14-3-2-13(8-16)9-18-14)10-12-4-6-15(11-17)7-5-12/h2-3,9,12H,4-8,10,16H2,1H3. The number of rotatable bonds is 4. The molecule has 100 valence electrons. The summed E-state index contributed by atoms with van der Waals surface area (Å²) in [6.07, 6.45) is 6.26. The van der Waals surface area contributed by atoms with Crippen molar-refractivity contribution in [1.29, 1.82) is 5.26 Å². The molecule has 1 aliphatic heterocycles. The summed E-state index contributed by atoms with van der Waals surface area (Å²) in [7, 11) is 2.08. The molecule has 5 heteroatoms. The van der Waals surface area contributed by atoms with Crippen LogP contribution in [0.25, 0.3) is 0 Å². The highest BCUT2D eigenvalue weighted by atomic mass is 15.2. The van der Waals surface area contributed by atoms with Crippen molar-refractivity contribution in [2.45, 2.75) is 32.0 Å². The third kappa shape index (κ3) is 3.71. The molecule has 0 radical (unpaired) electrons. The first-order chi connectivity index (χ1) is 9.22. The lowest BCUT2D eigenvalue weighted by molar-refractivity contribution is 0.473. The normalized spacial score (nSPS) is 16.2. The smallest absolute Gasteiger partial charge is 0.267 e. The Morgan fingerprint density at radius 2 is 2.21 bits per heavy atom. The summed E-state index contributed by atoms with van der Waals surface area (Å²) < 4.78 is 0. The number of pyridine rings is 1. The Labute approximate surface area is 115 Å². The highest BCUT2D eigenvalue weighted by molar-refractivity contribution is 6.67. The molecule has 1 aliphatic rings. The van der Waals surface area contributed by atoms with Gasteiger partial charge in [-0.3, -0.25) is 0 Å². The molecule has 2 heterocycles. The molecule has 2 N–H and O–H groups in total. The molecular weight excluding hydrogens is 235 g/mol. The summed E-state index contributed by atoms with van der Waals surface area (Å²) in [6.45, 7) is 1.84. The van der Waals surface area contributed by atoms with Crippen molar-refractivity contribution in [2.24, 2.45) is 11.7 Å². The average molecular weight is 256 g/mol. The van der Waals surface area contributed by atoms with Crippen LogP contribution in [0.15, 0.2) is 18.3 Å². The van der Waals surface area contributed by atoms with Gasteiger partial charge in [-0.05, 0) is 17.5 Å². The summed E-state index contributed by atoms with van der Waals surface area (Å²) in [6, 6.07) is 4.06. The molecule has 1 fully saturated rings. The second kappa shape index (κ2) is 6.58. The number of anilines is 1. The van der Waals surface area contributed by atoms with E-state index >= 15 is 0 Å². The van der Waals surface area contributed by atoms with Crippen LogP contribution in [0, 0.1) is 17.1 Å². The number of nitriles is 1. The van der Waals surface area contributed by atoms with Crippen molar-refractivity contribution >= 4 is 12.5 Å². The molecule has 0 unspecified atom stereocenters. The van der Waals surface area contributed by atoms with Gasteiger partial charge in [-0.15, -0.1) is 0 Å². The van der Waals surface area contributed by atoms with Gasteiger partial charge in [-0.1, -0.05) is 31.5 Å². The molecule has 19 heavy (non-hydrogen) atoms. The largest absolute Gasteiger partial charge is 0.359 e. The lowest BCUT2D eigenvalue weighted by Gasteiger charge is -2.28. The summed E-state index contributed by atoms with van der Waals surface area (Å²) in [5.74, 6) is 4.07. The minimum Gasteiger partial charge on any atom is -0.359 e. The predicted molar refractivity (Wildman–Crippen MR) is 79.1 cm³/mol. The van der Waals surface area contributed by atoms with Crippen LogP contribution in [0.2, 0.25) is 12.6 Å². The molecule has 0 bridgehead atoms. The average Bonchev–Trinajstić information content (AvgIpc) is 2.48. The Morgan fingerprint density at radius 3 is 2.74 bits per heavy atom. The number of hydrogen-bond acceptors (Lipinski definition) is 4. The van der Waals surface area contributed by atoms with E-state index in [1.807, 2.05) is 18.3 Å². The van der Waals surface area contributed by atoms with Crippen molar-refractivity contribution in [1.82, 2.24) is 4.98 Å². The summed E-state index contributed by atoms with van der Waals surface area (Å²) in [4.78, 5) is 6.65. The Hall–Kier alpha value is -1.54. The van der Waals surface area contributed by atoms with E-state index in [2.05, 4.69) is 22.9 Å². The van der Waals surface area contributed by atoms with Crippen LogP contribution in [-0.4, -0.2) is 25.3 Å². The maximum atomic E-state index is 8.91. The fourth-order valence-electron chi connectivity index (χ4n) is 2.72. The van der Waals surface area contributed by atoms with Gasteiger partial charge < -0.3 is 10.6 Å². The first-order valence-corrected chi connectivity index (χ1v) is 6.98. The van der Waals surface area contributed by atoms with Gasteiger partial charge in [0, 0.05) is 32.3 Å². The van der Waals surface area contributed by atoms with Crippen LogP contribution < -0.4 is 10.6 Å². The third-order valence-corrected chi connectivity index (χ3v) is 4.00. The molecule has 1 aromatic rings. The fourth-order valence-corrected chi connectivity index (χ4v) is 2.72. The third-order valence-electron chi connectivity index (χ3n) is 4.00. The number of nitrogens with zero attached hydrogens (tertiary/aromatic N) is 3. The van der Waals surface area contributed by atoms with E-state index in [9.17, 15) is 0 Å². The van der Waals surface area contributed by atoms with Gasteiger partial charge in [0.15, 0.2) is 0 Å². The van der Waals surface area contributed by atoms with E-state index in [1.54, 1.807) is 0 Å². The van der Waals surface area contributed by atoms with E-state index in [4.69, 9.17) is 11.0 Å². The number of nitrogens with two attached hydrogens (primary N) is 1. The molecular formula is C14H21BN4. The second-order valence-corrected chi connectivity index (χ2v) is 5.46. The van der Waals surface area contributed by atoms with Gasteiger partial charge in [-0.2, -0.15) is 0 Å². The van der Waals surface area contributed by atoms with Gasteiger partial charge in [-0.25, -0.2) is 10.2 Å². The fraction of sp³-hybridized carbons (Fsp3) is 0.571. The van der Waals surface area contributed by atoms with Gasteiger partial charge >= 0.3 is 0 Å². The topological polar surface area (TPSA) is 65.9 Å². The molecule has 0 aromatic carbocycles. The maximum Gasteiger partial charge on any atom is 0.267 e. The Kier molecular flexibility index (Phi) is 4.81. The molecule has 2 rings (SSSR count). The van der Waals surface area contributed by atoms with Gasteiger partial charge in [0.1, 0.15) is 5.82 Å². The monoisotopic (exact) mass is 256 g/mol. The number of hydrogen-bond donors (Lipinski definition) is 1. The zero-order valence-electron chi connectivity index (χ0n) is 11.5. The van der Waals surface area contributed by atoms with E-state index in [1.165, 1.54) is 0 Å². The van der Waals surface area contributed by atoms with E-state index in [0.717, 1.165) is 43.4 Å². The lowest BCUT2D eigenvalue weighted by atomic mass is 9.42. The van der Waals surface area contributed by atoms with Crippen LogP contribution >= 0.6 is 0 Å². The molecule has 0 spiro atoms. The maximum absolute atomic E-state index is 8.91. The Morgan fingerprint density at radius 1 is 1.47 bits per heavy atom. The first kappa shape index (κ1) is 13.9.